The molecule has 6 heteroatoms. The minimum absolute atomic E-state index is 0.0289. The fraction of sp³-hybridized carbons (Fsp3) is 0.733. The van der Waals surface area contributed by atoms with E-state index in [0.717, 1.165) is 36.8 Å². The second kappa shape index (κ2) is 8.32. The van der Waals surface area contributed by atoms with Gasteiger partial charge in [0.2, 0.25) is 0 Å². The molecule has 1 aliphatic carbocycles. The van der Waals surface area contributed by atoms with Crippen molar-refractivity contribution in [3.05, 3.63) is 18.0 Å². The number of aryl methyl sites for hydroxylation is 2. The Morgan fingerprint density at radius 3 is 3.10 bits per heavy atom. The number of carbonyl (C=O) groups excluding carboxylic acids is 1. The molecule has 5 nitrogen and oxygen atoms in total. The van der Waals surface area contributed by atoms with Gasteiger partial charge >= 0.3 is 6.03 Å². The maximum atomic E-state index is 11.8. The van der Waals surface area contributed by atoms with Gasteiger partial charge < -0.3 is 10.6 Å². The van der Waals surface area contributed by atoms with Gasteiger partial charge in [0, 0.05) is 30.6 Å². The molecule has 2 atom stereocenters. The maximum absolute atomic E-state index is 11.8. The second-order valence-corrected chi connectivity index (χ2v) is 7.20. The van der Waals surface area contributed by atoms with Gasteiger partial charge in [-0.15, -0.1) is 0 Å². The van der Waals surface area contributed by atoms with Gasteiger partial charge in [-0.2, -0.15) is 16.9 Å². The molecule has 0 unspecified atom stereocenters. The maximum Gasteiger partial charge on any atom is 0.315 e. The van der Waals surface area contributed by atoms with E-state index in [1.54, 1.807) is 0 Å². The van der Waals surface area contributed by atoms with Crippen LogP contribution in [0.5, 0.6) is 0 Å². The van der Waals surface area contributed by atoms with E-state index in [4.69, 9.17) is 0 Å². The third-order valence-electron chi connectivity index (χ3n) is 3.73. The minimum atomic E-state index is -0.0289. The molecule has 2 rings (SSSR count). The highest BCUT2D eigenvalue weighted by atomic mass is 32.2. The van der Waals surface area contributed by atoms with Gasteiger partial charge in [0.25, 0.3) is 0 Å². The van der Waals surface area contributed by atoms with Crippen LogP contribution in [-0.4, -0.2) is 39.4 Å². The molecule has 0 saturated heterocycles. The van der Waals surface area contributed by atoms with Crippen LogP contribution in [0.15, 0.2) is 12.4 Å². The summed E-state index contributed by atoms with van der Waals surface area (Å²) in [6, 6.07) is 0.321. The highest BCUT2D eigenvalue weighted by Crippen LogP contribution is 2.29. The highest BCUT2D eigenvalue weighted by Gasteiger charge is 2.25. The fourth-order valence-electron chi connectivity index (χ4n) is 2.73. The first-order valence-corrected chi connectivity index (χ1v) is 8.87. The summed E-state index contributed by atoms with van der Waals surface area (Å²) in [7, 11) is 0. The minimum Gasteiger partial charge on any atom is -0.338 e. The average molecular weight is 310 g/mol. The first-order chi connectivity index (χ1) is 10.2. The average Bonchev–Trinajstić information content (AvgIpc) is 3.05. The second-order valence-electron chi connectivity index (χ2n) is 5.62. The van der Waals surface area contributed by atoms with Crippen LogP contribution in [0.25, 0.3) is 0 Å². The Morgan fingerprint density at radius 2 is 2.38 bits per heavy atom. The summed E-state index contributed by atoms with van der Waals surface area (Å²) in [5.74, 6) is 1.16. The Hall–Kier alpha value is -1.17. The van der Waals surface area contributed by atoms with Crippen molar-refractivity contribution in [3.8, 4) is 0 Å². The van der Waals surface area contributed by atoms with Crippen molar-refractivity contribution in [3.63, 3.8) is 0 Å². The van der Waals surface area contributed by atoms with Gasteiger partial charge in [-0.3, -0.25) is 4.68 Å². The van der Waals surface area contributed by atoms with Crippen LogP contribution in [0.1, 0.15) is 38.2 Å². The molecule has 2 amide bonds. The van der Waals surface area contributed by atoms with Crippen LogP contribution in [-0.2, 0) is 6.54 Å². The molecule has 1 saturated carbocycles. The van der Waals surface area contributed by atoms with E-state index in [0.29, 0.717) is 12.6 Å². The fourth-order valence-corrected chi connectivity index (χ4v) is 3.87. The molecule has 118 valence electrons. The van der Waals surface area contributed by atoms with Gasteiger partial charge in [0.1, 0.15) is 0 Å². The van der Waals surface area contributed by atoms with Crippen molar-refractivity contribution in [2.24, 2.45) is 0 Å². The van der Waals surface area contributed by atoms with Crippen LogP contribution in [0, 0.1) is 6.92 Å². The molecule has 1 aromatic heterocycles. The summed E-state index contributed by atoms with van der Waals surface area (Å²) >= 11 is 2.01. The third-order valence-corrected chi connectivity index (χ3v) is 4.97. The first kappa shape index (κ1) is 16.2. The van der Waals surface area contributed by atoms with Crippen molar-refractivity contribution < 1.29 is 4.79 Å². The number of nitrogens with zero attached hydrogens (tertiary/aromatic N) is 2. The molecule has 1 heterocycles. The summed E-state index contributed by atoms with van der Waals surface area (Å²) in [5.41, 5.74) is 1.17. The summed E-state index contributed by atoms with van der Waals surface area (Å²) in [4.78, 5) is 11.8. The van der Waals surface area contributed by atoms with E-state index in [2.05, 4.69) is 22.7 Å². The van der Waals surface area contributed by atoms with E-state index in [1.807, 2.05) is 35.8 Å². The van der Waals surface area contributed by atoms with Gasteiger partial charge in [0.05, 0.1) is 6.20 Å². The van der Waals surface area contributed by atoms with Crippen LogP contribution in [0.4, 0.5) is 4.79 Å². The predicted molar refractivity (Wildman–Crippen MR) is 87.7 cm³/mol. The third kappa shape index (κ3) is 5.61. The monoisotopic (exact) mass is 310 g/mol. The van der Waals surface area contributed by atoms with E-state index in [1.165, 1.54) is 12.0 Å². The number of hydrogen-bond donors (Lipinski definition) is 2. The first-order valence-electron chi connectivity index (χ1n) is 7.82. The highest BCUT2D eigenvalue weighted by molar-refractivity contribution is 7.99. The smallest absolute Gasteiger partial charge is 0.315 e. The van der Waals surface area contributed by atoms with Gasteiger partial charge in [-0.25, -0.2) is 4.79 Å². The summed E-state index contributed by atoms with van der Waals surface area (Å²) in [6.07, 6.45) is 8.21. The molecule has 1 aromatic rings. The van der Waals surface area contributed by atoms with Crippen molar-refractivity contribution in [1.29, 1.82) is 0 Å². The normalized spacial score (nSPS) is 21.4. The number of nitrogens with one attached hydrogen (secondary N) is 2. The van der Waals surface area contributed by atoms with Crippen molar-refractivity contribution in [2.45, 2.75) is 57.4 Å². The van der Waals surface area contributed by atoms with E-state index < -0.39 is 0 Å². The molecule has 0 spiro atoms. The summed E-state index contributed by atoms with van der Waals surface area (Å²) < 4.78 is 1.92. The molecular weight excluding hydrogens is 284 g/mol. The number of hydrogen-bond acceptors (Lipinski definition) is 3. The van der Waals surface area contributed by atoms with Crippen molar-refractivity contribution in [1.82, 2.24) is 20.4 Å². The lowest BCUT2D eigenvalue weighted by Crippen LogP contribution is -2.41. The molecule has 2 N–H and O–H groups in total. The standard InChI is InChI=1S/C15H26N4OS/c1-3-21-14-6-5-13(9-14)18-15(20)16-7-4-8-19-11-12(2)10-17-19/h10-11,13-14H,3-9H2,1-2H3,(H2,16,18,20)/t13-,14+/m0/s1. The SMILES string of the molecule is CCS[C@@H]1CC[C@H](NC(=O)NCCCn2cc(C)cn2)C1. The topological polar surface area (TPSA) is 59.0 Å². The van der Waals surface area contributed by atoms with Crippen LogP contribution in [0.3, 0.4) is 0 Å². The van der Waals surface area contributed by atoms with Crippen LogP contribution in [0.2, 0.25) is 0 Å². The number of aromatic nitrogens is 2. The number of urea groups is 1. The Balaban J connectivity index is 1.55. The zero-order valence-corrected chi connectivity index (χ0v) is 13.8. The molecular formula is C15H26N4OS. The number of carbonyl (C=O) groups is 1. The van der Waals surface area contributed by atoms with Crippen molar-refractivity contribution in [2.75, 3.05) is 12.3 Å². The quantitative estimate of drug-likeness (QED) is 0.761. The molecule has 0 aliphatic heterocycles. The van der Waals surface area contributed by atoms with E-state index in [9.17, 15) is 4.79 Å². The van der Waals surface area contributed by atoms with E-state index in [-0.39, 0.29) is 6.03 Å². The summed E-state index contributed by atoms with van der Waals surface area (Å²) in [6.45, 7) is 5.75. The van der Waals surface area contributed by atoms with Crippen molar-refractivity contribution >= 4 is 17.8 Å². The number of rotatable bonds is 7. The lowest BCUT2D eigenvalue weighted by molar-refractivity contribution is 0.237. The zero-order chi connectivity index (χ0) is 15.1. The molecule has 1 fully saturated rings. The van der Waals surface area contributed by atoms with Gasteiger partial charge in [-0.1, -0.05) is 6.92 Å². The van der Waals surface area contributed by atoms with Crippen LogP contribution >= 0.6 is 11.8 Å². The Labute approximate surface area is 131 Å². The molecule has 1 aliphatic rings. The van der Waals surface area contributed by atoms with E-state index >= 15 is 0 Å². The molecule has 0 aromatic carbocycles. The Bertz CT molecular complexity index is 449. The largest absolute Gasteiger partial charge is 0.338 e. The molecule has 0 bridgehead atoms. The number of thioether (sulfide) groups is 1. The molecule has 0 radical (unpaired) electrons. The zero-order valence-electron chi connectivity index (χ0n) is 13.0. The Kier molecular flexibility index (Phi) is 6.42. The lowest BCUT2D eigenvalue weighted by atomic mass is 10.2. The predicted octanol–water partition coefficient (Wildman–Crippen LogP) is 2.56. The van der Waals surface area contributed by atoms with Gasteiger partial charge in [-0.05, 0) is 43.9 Å². The summed E-state index contributed by atoms with van der Waals surface area (Å²) in [5, 5.41) is 11.0. The van der Waals surface area contributed by atoms with Gasteiger partial charge in [0.15, 0.2) is 0 Å². The number of amides is 2. The Morgan fingerprint density at radius 1 is 1.52 bits per heavy atom. The van der Waals surface area contributed by atoms with Crippen LogP contribution < -0.4 is 10.6 Å². The lowest BCUT2D eigenvalue weighted by Gasteiger charge is -2.14. The molecule has 21 heavy (non-hydrogen) atoms.